The summed E-state index contributed by atoms with van der Waals surface area (Å²) < 4.78 is 0. The Kier molecular flexibility index (Phi) is 5.15. The number of rotatable bonds is 4. The van der Waals surface area contributed by atoms with Crippen molar-refractivity contribution < 1.29 is 4.79 Å². The average Bonchev–Trinajstić information content (AvgIpc) is 2.91. The van der Waals surface area contributed by atoms with Gasteiger partial charge in [0.1, 0.15) is 0 Å². The summed E-state index contributed by atoms with van der Waals surface area (Å²) in [6.07, 6.45) is 4.20. The highest BCUT2D eigenvalue weighted by Gasteiger charge is 2.23. The van der Waals surface area contributed by atoms with E-state index in [0.29, 0.717) is 18.4 Å². The molecule has 0 unspecified atom stereocenters. The number of piperidine rings is 1. The Morgan fingerprint density at radius 3 is 2.63 bits per heavy atom. The van der Waals surface area contributed by atoms with Gasteiger partial charge in [-0.15, -0.1) is 0 Å². The zero-order valence-corrected chi connectivity index (χ0v) is 16.8. The van der Waals surface area contributed by atoms with Crippen LogP contribution >= 0.6 is 0 Å². The number of fused-ring (bicyclic) bond motifs is 3. The first kappa shape index (κ1) is 18.8. The fourth-order valence-corrected chi connectivity index (χ4v) is 4.26. The first-order chi connectivity index (χ1) is 14.7. The summed E-state index contributed by atoms with van der Waals surface area (Å²) in [7, 11) is 0. The molecule has 1 saturated heterocycles. The van der Waals surface area contributed by atoms with E-state index in [-0.39, 0.29) is 5.91 Å². The second-order valence-corrected chi connectivity index (χ2v) is 8.02. The van der Waals surface area contributed by atoms with E-state index in [9.17, 15) is 4.79 Å². The van der Waals surface area contributed by atoms with Gasteiger partial charge in [0, 0.05) is 43.0 Å². The Morgan fingerprint density at radius 2 is 1.80 bits per heavy atom. The molecule has 1 aromatic heterocycles. The third-order valence-corrected chi connectivity index (χ3v) is 5.84. The van der Waals surface area contributed by atoms with E-state index in [1.807, 2.05) is 24.3 Å². The standard InChI is InChI=1S/C24H25N5O/c30-22-14-18-15-25-24(28-23(18)20-8-4-5-9-21(20)27-22)26-19-10-12-29(13-11-19)16-17-6-2-1-3-7-17/h1-9,15,19H,10-14,16H2,(H,27,30)(H,25,26,28). The molecule has 0 bridgehead atoms. The van der Waals surface area contributed by atoms with Gasteiger partial charge in [0.15, 0.2) is 0 Å². The van der Waals surface area contributed by atoms with Crippen molar-refractivity contribution >= 4 is 17.5 Å². The number of hydrogen-bond acceptors (Lipinski definition) is 5. The number of para-hydroxylation sites is 1. The van der Waals surface area contributed by atoms with E-state index >= 15 is 0 Å². The summed E-state index contributed by atoms with van der Waals surface area (Å²) in [5.41, 5.74) is 4.81. The van der Waals surface area contributed by atoms with Gasteiger partial charge < -0.3 is 10.6 Å². The molecule has 0 radical (unpaired) electrons. The zero-order chi connectivity index (χ0) is 20.3. The molecule has 6 heteroatoms. The summed E-state index contributed by atoms with van der Waals surface area (Å²) in [6.45, 7) is 3.11. The van der Waals surface area contributed by atoms with Gasteiger partial charge >= 0.3 is 0 Å². The van der Waals surface area contributed by atoms with E-state index in [1.165, 1.54) is 5.56 Å². The Hall–Kier alpha value is -3.25. The van der Waals surface area contributed by atoms with Crippen molar-refractivity contribution in [2.24, 2.45) is 0 Å². The molecule has 30 heavy (non-hydrogen) atoms. The van der Waals surface area contributed by atoms with Crippen molar-refractivity contribution in [1.82, 2.24) is 14.9 Å². The number of aromatic nitrogens is 2. The van der Waals surface area contributed by atoms with Gasteiger partial charge in [-0.3, -0.25) is 9.69 Å². The predicted molar refractivity (Wildman–Crippen MR) is 118 cm³/mol. The number of carbonyl (C=O) groups excluding carboxylic acids is 1. The minimum absolute atomic E-state index is 0.0312. The summed E-state index contributed by atoms with van der Waals surface area (Å²) in [4.78, 5) is 24.0. The van der Waals surface area contributed by atoms with Crippen LogP contribution in [0.15, 0.2) is 60.8 Å². The normalized spacial score (nSPS) is 16.9. The molecule has 0 spiro atoms. The molecule has 6 nitrogen and oxygen atoms in total. The lowest BCUT2D eigenvalue weighted by Gasteiger charge is -2.32. The molecule has 3 aromatic rings. The molecule has 1 fully saturated rings. The quantitative estimate of drug-likeness (QED) is 0.700. The highest BCUT2D eigenvalue weighted by Crippen LogP contribution is 2.32. The topological polar surface area (TPSA) is 70.2 Å². The molecule has 0 saturated carbocycles. The first-order valence-corrected chi connectivity index (χ1v) is 10.5. The van der Waals surface area contributed by atoms with Crippen LogP contribution in [0.5, 0.6) is 0 Å². The van der Waals surface area contributed by atoms with Gasteiger partial charge in [-0.2, -0.15) is 0 Å². The fraction of sp³-hybridized carbons (Fsp3) is 0.292. The molecule has 3 heterocycles. The van der Waals surface area contributed by atoms with Crippen LogP contribution in [0.4, 0.5) is 11.6 Å². The lowest BCUT2D eigenvalue weighted by atomic mass is 10.0. The number of carbonyl (C=O) groups is 1. The summed E-state index contributed by atoms with van der Waals surface area (Å²) in [6, 6.07) is 18.8. The van der Waals surface area contributed by atoms with Crippen LogP contribution in [-0.2, 0) is 17.8 Å². The number of anilines is 2. The molecule has 2 aliphatic heterocycles. The van der Waals surface area contributed by atoms with Crippen LogP contribution in [0.25, 0.3) is 11.3 Å². The van der Waals surface area contributed by atoms with Crippen molar-refractivity contribution in [3.63, 3.8) is 0 Å². The smallest absolute Gasteiger partial charge is 0.228 e. The Bertz CT molecular complexity index is 1040. The third kappa shape index (κ3) is 4.04. The van der Waals surface area contributed by atoms with E-state index in [1.54, 1.807) is 6.20 Å². The Balaban J connectivity index is 1.27. The summed E-state index contributed by atoms with van der Waals surface area (Å²) >= 11 is 0. The van der Waals surface area contributed by atoms with Gasteiger partial charge in [0.05, 0.1) is 17.8 Å². The molecule has 1 amide bonds. The second-order valence-electron chi connectivity index (χ2n) is 8.02. The third-order valence-electron chi connectivity index (χ3n) is 5.84. The van der Waals surface area contributed by atoms with Gasteiger partial charge in [-0.1, -0.05) is 48.5 Å². The number of likely N-dealkylation sites (tertiary alicyclic amines) is 1. The SMILES string of the molecule is O=C1Cc2cnc(NC3CCN(Cc4ccccc4)CC3)nc2-c2ccccc2N1. The maximum Gasteiger partial charge on any atom is 0.228 e. The highest BCUT2D eigenvalue weighted by molar-refractivity contribution is 5.99. The van der Waals surface area contributed by atoms with Gasteiger partial charge in [0.25, 0.3) is 0 Å². The molecule has 0 atom stereocenters. The lowest BCUT2D eigenvalue weighted by Crippen LogP contribution is -2.39. The number of nitrogens with zero attached hydrogens (tertiary/aromatic N) is 3. The first-order valence-electron chi connectivity index (χ1n) is 10.5. The largest absolute Gasteiger partial charge is 0.351 e. The lowest BCUT2D eigenvalue weighted by molar-refractivity contribution is -0.115. The van der Waals surface area contributed by atoms with Crippen LogP contribution in [-0.4, -0.2) is 39.9 Å². The molecule has 2 aliphatic rings. The Morgan fingerprint density at radius 1 is 1.03 bits per heavy atom. The van der Waals surface area contributed by atoms with Crippen molar-refractivity contribution in [2.75, 3.05) is 23.7 Å². The van der Waals surface area contributed by atoms with Gasteiger partial charge in [-0.25, -0.2) is 9.97 Å². The second kappa shape index (κ2) is 8.24. The van der Waals surface area contributed by atoms with E-state index in [2.05, 4.69) is 50.8 Å². The van der Waals surface area contributed by atoms with Crippen molar-refractivity contribution in [2.45, 2.75) is 31.8 Å². The monoisotopic (exact) mass is 399 g/mol. The number of benzene rings is 2. The fourth-order valence-electron chi connectivity index (χ4n) is 4.26. The van der Waals surface area contributed by atoms with Crippen LogP contribution in [0, 0.1) is 0 Å². The predicted octanol–water partition coefficient (Wildman–Crippen LogP) is 3.71. The van der Waals surface area contributed by atoms with E-state index < -0.39 is 0 Å². The molecular formula is C24H25N5O. The van der Waals surface area contributed by atoms with E-state index in [4.69, 9.17) is 4.98 Å². The van der Waals surface area contributed by atoms with Crippen molar-refractivity contribution in [1.29, 1.82) is 0 Å². The Labute approximate surface area is 176 Å². The minimum Gasteiger partial charge on any atom is -0.351 e. The molecule has 0 aliphatic carbocycles. The molecular weight excluding hydrogens is 374 g/mol. The van der Waals surface area contributed by atoms with Crippen molar-refractivity contribution in [3.8, 4) is 11.3 Å². The zero-order valence-electron chi connectivity index (χ0n) is 16.8. The van der Waals surface area contributed by atoms with Crippen LogP contribution in [0.1, 0.15) is 24.0 Å². The maximum atomic E-state index is 12.2. The van der Waals surface area contributed by atoms with Crippen molar-refractivity contribution in [3.05, 3.63) is 71.9 Å². The van der Waals surface area contributed by atoms with Crippen LogP contribution in [0.2, 0.25) is 0 Å². The average molecular weight is 399 g/mol. The molecule has 5 rings (SSSR count). The van der Waals surface area contributed by atoms with Crippen LogP contribution in [0.3, 0.4) is 0 Å². The van der Waals surface area contributed by atoms with E-state index in [0.717, 1.165) is 55.0 Å². The summed E-state index contributed by atoms with van der Waals surface area (Å²) in [5, 5.41) is 6.49. The number of amides is 1. The van der Waals surface area contributed by atoms with Crippen LogP contribution < -0.4 is 10.6 Å². The minimum atomic E-state index is -0.0312. The molecule has 2 N–H and O–H groups in total. The molecule has 152 valence electrons. The maximum absolute atomic E-state index is 12.2. The number of nitrogens with one attached hydrogen (secondary N) is 2. The van der Waals surface area contributed by atoms with Gasteiger partial charge in [-0.05, 0) is 24.5 Å². The molecule has 2 aromatic carbocycles. The highest BCUT2D eigenvalue weighted by atomic mass is 16.1. The number of hydrogen-bond donors (Lipinski definition) is 2. The summed E-state index contributed by atoms with van der Waals surface area (Å²) in [5.74, 6) is 0.607. The van der Waals surface area contributed by atoms with Gasteiger partial charge in [0.2, 0.25) is 11.9 Å².